The Morgan fingerprint density at radius 3 is 2.79 bits per heavy atom. The third-order valence-electron chi connectivity index (χ3n) is 5.66. The Morgan fingerprint density at radius 1 is 1.21 bits per heavy atom. The maximum Gasteiger partial charge on any atom is 0.255 e. The fourth-order valence-electron chi connectivity index (χ4n) is 3.76. The molecule has 0 radical (unpaired) electrons. The van der Waals surface area contributed by atoms with Crippen LogP contribution in [0, 0.1) is 5.92 Å². The number of nitrogens with one attached hydrogen (secondary N) is 1. The summed E-state index contributed by atoms with van der Waals surface area (Å²) in [5.41, 5.74) is 1.36. The number of hydrogen-bond acceptors (Lipinski definition) is 9. The lowest BCUT2D eigenvalue weighted by Gasteiger charge is -2.20. The van der Waals surface area contributed by atoms with Crippen LogP contribution in [0.5, 0.6) is 5.88 Å². The molecule has 1 saturated carbocycles. The average Bonchev–Trinajstić information content (AvgIpc) is 3.47. The van der Waals surface area contributed by atoms with Crippen LogP contribution in [0.1, 0.15) is 29.0 Å². The summed E-state index contributed by atoms with van der Waals surface area (Å²) >= 11 is 0. The number of benzene rings is 1. The molecule has 6 rings (SSSR count). The highest BCUT2D eigenvalue weighted by atomic mass is 16.5. The molecule has 0 bridgehead atoms. The Labute approximate surface area is 192 Å². The lowest BCUT2D eigenvalue weighted by atomic mass is 10.2. The van der Waals surface area contributed by atoms with E-state index in [-0.39, 0.29) is 18.4 Å². The SMILES string of the molecule is O=C(NC(Oc1nn2c(-c3cc(CO)on3)nnc2c2ccccc12)C1CC1)c1cccnc1. The van der Waals surface area contributed by atoms with E-state index in [1.165, 1.54) is 10.7 Å². The highest BCUT2D eigenvalue weighted by Gasteiger charge is 2.35. The van der Waals surface area contributed by atoms with Gasteiger partial charge in [-0.25, -0.2) is 0 Å². The van der Waals surface area contributed by atoms with Crippen LogP contribution in [-0.4, -0.2) is 47.2 Å². The van der Waals surface area contributed by atoms with Gasteiger partial charge >= 0.3 is 0 Å². The molecule has 1 aliphatic rings. The van der Waals surface area contributed by atoms with Gasteiger partial charge in [0.1, 0.15) is 6.61 Å². The number of aromatic nitrogens is 6. The quantitative estimate of drug-likeness (QED) is 0.352. The predicted molar refractivity (Wildman–Crippen MR) is 119 cm³/mol. The van der Waals surface area contributed by atoms with Gasteiger partial charge in [-0.2, -0.15) is 4.52 Å². The molecule has 0 aliphatic heterocycles. The van der Waals surface area contributed by atoms with Crippen LogP contribution in [0.4, 0.5) is 0 Å². The van der Waals surface area contributed by atoms with Gasteiger partial charge in [0, 0.05) is 35.2 Å². The van der Waals surface area contributed by atoms with Gasteiger partial charge in [-0.05, 0) is 31.0 Å². The molecule has 1 atom stereocenters. The van der Waals surface area contributed by atoms with Gasteiger partial charge in [-0.15, -0.1) is 15.3 Å². The first-order chi connectivity index (χ1) is 16.7. The largest absolute Gasteiger partial charge is 0.452 e. The van der Waals surface area contributed by atoms with Crippen molar-refractivity contribution in [1.29, 1.82) is 0 Å². The summed E-state index contributed by atoms with van der Waals surface area (Å²) in [7, 11) is 0. The average molecular weight is 457 g/mol. The van der Waals surface area contributed by atoms with E-state index in [1.807, 2.05) is 24.3 Å². The number of carbonyl (C=O) groups is 1. The van der Waals surface area contributed by atoms with Gasteiger partial charge in [0.2, 0.25) is 11.7 Å². The summed E-state index contributed by atoms with van der Waals surface area (Å²) in [6, 6.07) is 12.6. The third-order valence-corrected chi connectivity index (χ3v) is 5.66. The van der Waals surface area contributed by atoms with Gasteiger partial charge in [-0.3, -0.25) is 9.78 Å². The lowest BCUT2D eigenvalue weighted by molar-refractivity contribution is 0.0782. The molecule has 1 amide bonds. The topological polar surface area (TPSA) is 141 Å². The number of pyridine rings is 1. The molecule has 11 nitrogen and oxygen atoms in total. The Morgan fingerprint density at radius 2 is 2.06 bits per heavy atom. The summed E-state index contributed by atoms with van der Waals surface area (Å²) in [4.78, 5) is 16.8. The van der Waals surface area contributed by atoms with Crippen molar-refractivity contribution in [3.8, 4) is 17.4 Å². The molecule has 34 heavy (non-hydrogen) atoms. The zero-order valence-electron chi connectivity index (χ0n) is 17.8. The lowest BCUT2D eigenvalue weighted by Crippen LogP contribution is -2.41. The smallest absolute Gasteiger partial charge is 0.255 e. The molecule has 170 valence electrons. The van der Waals surface area contributed by atoms with Crippen LogP contribution in [-0.2, 0) is 6.61 Å². The Hall–Kier alpha value is -4.38. The van der Waals surface area contributed by atoms with E-state index in [1.54, 1.807) is 24.4 Å². The summed E-state index contributed by atoms with van der Waals surface area (Å²) in [6.45, 7) is -0.284. The Kier molecular flexibility index (Phi) is 4.88. The minimum Gasteiger partial charge on any atom is -0.452 e. The van der Waals surface area contributed by atoms with E-state index in [0.29, 0.717) is 34.4 Å². The molecule has 1 fully saturated rings. The monoisotopic (exact) mass is 457 g/mol. The van der Waals surface area contributed by atoms with Crippen LogP contribution in [0.3, 0.4) is 0 Å². The molecule has 11 heteroatoms. The maximum absolute atomic E-state index is 12.8. The number of hydrogen-bond donors (Lipinski definition) is 2. The van der Waals surface area contributed by atoms with Crippen molar-refractivity contribution in [3.63, 3.8) is 0 Å². The van der Waals surface area contributed by atoms with E-state index < -0.39 is 6.23 Å². The summed E-state index contributed by atoms with van der Waals surface area (Å²) in [5.74, 6) is 0.894. The molecule has 4 aromatic heterocycles. The van der Waals surface area contributed by atoms with Crippen molar-refractivity contribution >= 4 is 22.3 Å². The normalized spacial score (nSPS) is 14.4. The Balaban J connectivity index is 1.41. The van der Waals surface area contributed by atoms with Crippen molar-refractivity contribution in [3.05, 3.63) is 66.2 Å². The summed E-state index contributed by atoms with van der Waals surface area (Å²) < 4.78 is 12.9. The number of rotatable bonds is 7. The summed E-state index contributed by atoms with van der Waals surface area (Å²) in [5, 5.41) is 31.0. The molecule has 1 aromatic carbocycles. The van der Waals surface area contributed by atoms with Crippen LogP contribution >= 0.6 is 0 Å². The van der Waals surface area contributed by atoms with Crippen molar-refractivity contribution in [1.82, 2.24) is 35.3 Å². The molecule has 2 N–H and O–H groups in total. The van der Waals surface area contributed by atoms with E-state index >= 15 is 0 Å². The van der Waals surface area contributed by atoms with Crippen molar-refractivity contribution < 1.29 is 19.2 Å². The van der Waals surface area contributed by atoms with E-state index in [2.05, 4.69) is 30.8 Å². The predicted octanol–water partition coefficient (Wildman–Crippen LogP) is 2.36. The minimum atomic E-state index is -0.561. The van der Waals surface area contributed by atoms with E-state index in [0.717, 1.165) is 23.6 Å². The Bertz CT molecular complexity index is 1490. The first-order valence-corrected chi connectivity index (χ1v) is 10.8. The second kappa shape index (κ2) is 8.19. The fraction of sp³-hybridized carbons (Fsp3) is 0.217. The van der Waals surface area contributed by atoms with Crippen molar-refractivity contribution in [2.24, 2.45) is 5.92 Å². The summed E-state index contributed by atoms with van der Waals surface area (Å²) in [6.07, 6.45) is 4.46. The van der Waals surface area contributed by atoms with Crippen LogP contribution in [0.15, 0.2) is 59.4 Å². The molecule has 1 unspecified atom stereocenters. The zero-order valence-corrected chi connectivity index (χ0v) is 17.8. The van der Waals surface area contributed by atoms with Crippen molar-refractivity contribution in [2.75, 3.05) is 0 Å². The van der Waals surface area contributed by atoms with Gasteiger partial charge in [0.25, 0.3) is 5.91 Å². The van der Waals surface area contributed by atoms with Gasteiger partial charge in [-0.1, -0.05) is 23.4 Å². The number of ether oxygens (including phenoxy) is 1. The van der Waals surface area contributed by atoms with E-state index in [9.17, 15) is 9.90 Å². The fourth-order valence-corrected chi connectivity index (χ4v) is 3.76. The highest BCUT2D eigenvalue weighted by Crippen LogP contribution is 2.36. The molecule has 4 heterocycles. The van der Waals surface area contributed by atoms with Gasteiger partial charge < -0.3 is 19.7 Å². The number of aliphatic hydroxyl groups is 1. The standard InChI is InChI=1S/C23H19N7O4/c31-12-15-10-18(29-34-15)20-27-26-19-16-5-1-2-6-17(16)23(28-30(19)20)33-22(13-7-8-13)25-21(32)14-4-3-9-24-11-14/h1-6,9-11,13,22,31H,7-8,12H2,(H,25,32). The zero-order chi connectivity index (χ0) is 23.1. The van der Waals surface area contributed by atoms with Crippen molar-refractivity contribution in [2.45, 2.75) is 25.7 Å². The second-order valence-corrected chi connectivity index (χ2v) is 8.04. The second-order valence-electron chi connectivity index (χ2n) is 8.04. The molecule has 1 aliphatic carbocycles. The minimum absolute atomic E-state index is 0.180. The first kappa shape index (κ1) is 20.2. The highest BCUT2D eigenvalue weighted by molar-refractivity contribution is 5.97. The molecular weight excluding hydrogens is 438 g/mol. The van der Waals surface area contributed by atoms with Gasteiger partial charge in [0.15, 0.2) is 23.3 Å². The van der Waals surface area contributed by atoms with Gasteiger partial charge in [0.05, 0.1) is 5.56 Å². The molecule has 0 saturated heterocycles. The molecular formula is C23H19N7O4. The third kappa shape index (κ3) is 3.61. The van der Waals surface area contributed by atoms with E-state index in [4.69, 9.17) is 9.26 Å². The first-order valence-electron chi connectivity index (χ1n) is 10.8. The van der Waals surface area contributed by atoms with Crippen LogP contribution in [0.25, 0.3) is 27.9 Å². The maximum atomic E-state index is 12.8. The number of aliphatic hydroxyl groups excluding tert-OH is 1. The molecule has 5 aromatic rings. The number of amides is 1. The number of nitrogens with zero attached hydrogens (tertiary/aromatic N) is 6. The van der Waals surface area contributed by atoms with Crippen LogP contribution < -0.4 is 10.1 Å². The number of fused-ring (bicyclic) bond motifs is 3. The van der Waals surface area contributed by atoms with Crippen LogP contribution in [0.2, 0.25) is 0 Å². The molecule has 0 spiro atoms. The number of carbonyl (C=O) groups excluding carboxylic acids is 1.